The zero-order valence-electron chi connectivity index (χ0n) is 23.4. The quantitative estimate of drug-likeness (QED) is 0.575. The van der Waals surface area contributed by atoms with E-state index in [-0.39, 0.29) is 29.7 Å². The van der Waals surface area contributed by atoms with Crippen molar-refractivity contribution in [2.45, 2.75) is 64.0 Å². The second kappa shape index (κ2) is 12.8. The summed E-state index contributed by atoms with van der Waals surface area (Å²) in [6.07, 6.45) is 8.42. The van der Waals surface area contributed by atoms with Crippen molar-refractivity contribution in [3.63, 3.8) is 0 Å². The highest BCUT2D eigenvalue weighted by molar-refractivity contribution is 5.90. The van der Waals surface area contributed by atoms with Gasteiger partial charge in [-0.05, 0) is 50.2 Å². The molecule has 2 N–H and O–H groups in total. The molecule has 0 aliphatic carbocycles. The van der Waals surface area contributed by atoms with Crippen LogP contribution in [0.2, 0.25) is 0 Å². The standard InChI is InChI=1S/C33H41N3O4/c1-24-8-7-11-26(20-24)22-30(37)36-17-13-28-27(23-36)12-5-6-14-33(15-18-40-19-16-33)32(39)35-29(31(38)34-28)21-25-9-3-2-4-10-25/h2-11,20,27-29H,12-19,21-23H2,1H3,(H,34,38)(H,35,39)/b6-5+/t27-,28+,29-/m1/s1. The highest BCUT2D eigenvalue weighted by Crippen LogP contribution is 2.36. The van der Waals surface area contributed by atoms with Crippen LogP contribution in [0.15, 0.2) is 66.7 Å². The molecule has 3 atom stereocenters. The molecule has 0 radical (unpaired) electrons. The Morgan fingerprint density at radius 2 is 1.77 bits per heavy atom. The maximum Gasteiger partial charge on any atom is 0.243 e. The topological polar surface area (TPSA) is 87.7 Å². The maximum absolute atomic E-state index is 13.7. The molecule has 0 saturated carbocycles. The van der Waals surface area contributed by atoms with Crippen LogP contribution in [0.3, 0.4) is 0 Å². The summed E-state index contributed by atoms with van der Waals surface area (Å²) in [5, 5.41) is 6.43. The lowest BCUT2D eigenvalue weighted by atomic mass is 9.75. The fourth-order valence-electron chi connectivity index (χ4n) is 6.32. The van der Waals surface area contributed by atoms with Gasteiger partial charge in [0.05, 0.1) is 11.8 Å². The van der Waals surface area contributed by atoms with Crippen LogP contribution in [-0.2, 0) is 32.0 Å². The molecule has 7 nitrogen and oxygen atoms in total. The van der Waals surface area contributed by atoms with E-state index >= 15 is 0 Å². The number of likely N-dealkylation sites (tertiary alicyclic amines) is 1. The molecule has 3 aliphatic heterocycles. The molecular formula is C33H41N3O4. The summed E-state index contributed by atoms with van der Waals surface area (Å²) < 4.78 is 5.59. The number of carbonyl (C=O) groups is 3. The van der Waals surface area contributed by atoms with Gasteiger partial charge in [-0.3, -0.25) is 14.4 Å². The van der Waals surface area contributed by atoms with Crippen molar-refractivity contribution in [2.75, 3.05) is 26.3 Å². The van der Waals surface area contributed by atoms with Crippen molar-refractivity contribution in [3.05, 3.63) is 83.4 Å². The zero-order chi connectivity index (χ0) is 28.0. The van der Waals surface area contributed by atoms with Crippen LogP contribution in [0, 0.1) is 18.3 Å². The largest absolute Gasteiger partial charge is 0.381 e. The van der Waals surface area contributed by atoms with Crippen LogP contribution >= 0.6 is 0 Å². The first kappa shape index (κ1) is 28.1. The Kier molecular flexibility index (Phi) is 9.00. The van der Waals surface area contributed by atoms with E-state index in [1.165, 1.54) is 0 Å². The summed E-state index contributed by atoms with van der Waals surface area (Å²) in [5.41, 5.74) is 2.60. The van der Waals surface area contributed by atoms with E-state index in [0.717, 1.165) is 23.1 Å². The first-order chi connectivity index (χ1) is 19.4. The fourth-order valence-corrected chi connectivity index (χ4v) is 6.32. The van der Waals surface area contributed by atoms with Gasteiger partial charge in [-0.2, -0.15) is 0 Å². The van der Waals surface area contributed by atoms with Crippen molar-refractivity contribution in [1.29, 1.82) is 0 Å². The number of allylic oxidation sites excluding steroid dienone is 2. The number of benzene rings is 2. The minimum absolute atomic E-state index is 0.0631. The second-order valence-electron chi connectivity index (χ2n) is 11.7. The number of carbonyl (C=O) groups excluding carboxylic acids is 3. The minimum Gasteiger partial charge on any atom is -0.381 e. The lowest BCUT2D eigenvalue weighted by Crippen LogP contribution is -2.58. The third kappa shape index (κ3) is 6.81. The molecule has 3 heterocycles. The summed E-state index contributed by atoms with van der Waals surface area (Å²) in [7, 11) is 0. The van der Waals surface area contributed by atoms with E-state index in [2.05, 4.69) is 28.9 Å². The summed E-state index contributed by atoms with van der Waals surface area (Å²) >= 11 is 0. The minimum atomic E-state index is -0.667. The normalized spacial score (nSPS) is 26.0. The van der Waals surface area contributed by atoms with Crippen LogP contribution in [0.5, 0.6) is 0 Å². The maximum atomic E-state index is 13.7. The summed E-state index contributed by atoms with van der Waals surface area (Å²) in [6.45, 7) is 4.33. The molecule has 0 unspecified atom stereocenters. The highest BCUT2D eigenvalue weighted by Gasteiger charge is 2.41. The number of nitrogens with zero attached hydrogens (tertiary/aromatic N) is 1. The molecule has 5 rings (SSSR count). The summed E-state index contributed by atoms with van der Waals surface area (Å²) in [5.74, 6) is 0.0122. The van der Waals surface area contributed by atoms with Crippen LogP contribution < -0.4 is 10.6 Å². The van der Waals surface area contributed by atoms with Crippen molar-refractivity contribution in [1.82, 2.24) is 15.5 Å². The van der Waals surface area contributed by atoms with E-state index in [1.54, 1.807) is 0 Å². The molecule has 1 spiro atoms. The number of rotatable bonds is 4. The molecule has 40 heavy (non-hydrogen) atoms. The number of hydrogen-bond acceptors (Lipinski definition) is 4. The molecule has 2 aromatic carbocycles. The smallest absolute Gasteiger partial charge is 0.243 e. The van der Waals surface area contributed by atoms with Crippen molar-refractivity contribution in [3.8, 4) is 0 Å². The predicted molar refractivity (Wildman–Crippen MR) is 154 cm³/mol. The van der Waals surface area contributed by atoms with Gasteiger partial charge in [-0.1, -0.05) is 72.3 Å². The van der Waals surface area contributed by atoms with Gasteiger partial charge in [0, 0.05) is 44.7 Å². The van der Waals surface area contributed by atoms with Gasteiger partial charge in [-0.25, -0.2) is 0 Å². The predicted octanol–water partition coefficient (Wildman–Crippen LogP) is 3.75. The number of ether oxygens (including phenoxy) is 1. The van der Waals surface area contributed by atoms with E-state index in [4.69, 9.17) is 4.74 Å². The first-order valence-corrected chi connectivity index (χ1v) is 14.6. The first-order valence-electron chi connectivity index (χ1n) is 14.6. The van der Waals surface area contributed by atoms with Gasteiger partial charge in [-0.15, -0.1) is 0 Å². The molecule has 212 valence electrons. The fraction of sp³-hybridized carbons (Fsp3) is 0.485. The van der Waals surface area contributed by atoms with E-state index in [9.17, 15) is 14.4 Å². The van der Waals surface area contributed by atoms with E-state index < -0.39 is 11.5 Å². The SMILES string of the molecule is Cc1cccc(CC(=O)N2CC[C@@H]3NC(=O)[C@@H](Cc4ccccc4)NC(=O)C4(C/C=C/C[C@@H]3C2)CCOCC4)c1. The van der Waals surface area contributed by atoms with Crippen molar-refractivity contribution < 1.29 is 19.1 Å². The summed E-state index contributed by atoms with van der Waals surface area (Å²) in [6, 6.07) is 17.2. The number of nitrogens with one attached hydrogen (secondary N) is 2. The van der Waals surface area contributed by atoms with E-state index in [0.29, 0.717) is 64.8 Å². The summed E-state index contributed by atoms with van der Waals surface area (Å²) in [4.78, 5) is 42.7. The van der Waals surface area contributed by atoms with E-state index in [1.807, 2.05) is 60.4 Å². The molecule has 2 saturated heterocycles. The van der Waals surface area contributed by atoms with Gasteiger partial charge in [0.25, 0.3) is 0 Å². The van der Waals surface area contributed by atoms with Gasteiger partial charge in [0.1, 0.15) is 6.04 Å². The molecule has 3 amide bonds. The average Bonchev–Trinajstić information content (AvgIpc) is 2.96. The van der Waals surface area contributed by atoms with Crippen LogP contribution in [0.4, 0.5) is 0 Å². The third-order valence-corrected chi connectivity index (χ3v) is 8.80. The van der Waals surface area contributed by atoms with Crippen molar-refractivity contribution >= 4 is 17.7 Å². The Hall–Kier alpha value is -3.45. The lowest BCUT2D eigenvalue weighted by Gasteiger charge is -2.40. The lowest BCUT2D eigenvalue weighted by molar-refractivity contribution is -0.140. The molecule has 7 heteroatoms. The molecule has 0 bridgehead atoms. The Morgan fingerprint density at radius 1 is 1.00 bits per heavy atom. The number of piperidine rings is 1. The Morgan fingerprint density at radius 3 is 2.55 bits per heavy atom. The van der Waals surface area contributed by atoms with Gasteiger partial charge in [0.2, 0.25) is 17.7 Å². The number of fused-ring (bicyclic) bond motifs is 1. The van der Waals surface area contributed by atoms with Gasteiger partial charge < -0.3 is 20.3 Å². The molecule has 0 aromatic heterocycles. The Labute approximate surface area is 237 Å². The molecule has 2 fully saturated rings. The van der Waals surface area contributed by atoms with Crippen LogP contribution in [-0.4, -0.2) is 61.0 Å². The Bertz CT molecular complexity index is 1220. The molecular weight excluding hydrogens is 502 g/mol. The van der Waals surface area contributed by atoms with Gasteiger partial charge >= 0.3 is 0 Å². The number of hydrogen-bond donors (Lipinski definition) is 2. The zero-order valence-corrected chi connectivity index (χ0v) is 23.4. The number of aryl methyl sites for hydroxylation is 1. The van der Waals surface area contributed by atoms with Gasteiger partial charge in [0.15, 0.2) is 0 Å². The molecule has 3 aliphatic rings. The van der Waals surface area contributed by atoms with Crippen LogP contribution in [0.1, 0.15) is 48.8 Å². The Balaban J connectivity index is 1.35. The average molecular weight is 544 g/mol. The van der Waals surface area contributed by atoms with Crippen molar-refractivity contribution in [2.24, 2.45) is 11.3 Å². The molecule has 2 aromatic rings. The number of amides is 3. The monoisotopic (exact) mass is 543 g/mol. The second-order valence-corrected chi connectivity index (χ2v) is 11.7. The highest BCUT2D eigenvalue weighted by atomic mass is 16.5. The van der Waals surface area contributed by atoms with Crippen LogP contribution in [0.25, 0.3) is 0 Å². The third-order valence-electron chi connectivity index (χ3n) is 8.80.